The standard InChI is InChI=1S/C16H23N5/c1-2-3-4-5-14-6-8-15(9-7-14)19-20-16-12-18-21(13-16)11-10-17/h6-9,12-13H,2-5,10-11,17H2,1H3. The maximum absolute atomic E-state index is 5.48. The van der Waals surface area contributed by atoms with Crippen LogP contribution in [-0.2, 0) is 13.0 Å². The molecular formula is C16H23N5. The maximum atomic E-state index is 5.48. The zero-order chi connectivity index (χ0) is 14.9. The topological polar surface area (TPSA) is 68.6 Å². The lowest BCUT2D eigenvalue weighted by Gasteiger charge is -2.00. The lowest BCUT2D eigenvalue weighted by atomic mass is 10.1. The molecule has 0 spiro atoms. The number of hydrogen-bond donors (Lipinski definition) is 1. The fourth-order valence-electron chi connectivity index (χ4n) is 2.08. The van der Waals surface area contributed by atoms with E-state index in [4.69, 9.17) is 5.73 Å². The summed E-state index contributed by atoms with van der Waals surface area (Å²) < 4.78 is 1.77. The van der Waals surface area contributed by atoms with Gasteiger partial charge in [-0.3, -0.25) is 4.68 Å². The van der Waals surface area contributed by atoms with Gasteiger partial charge in [0.1, 0.15) is 5.69 Å². The molecule has 2 N–H and O–H groups in total. The Labute approximate surface area is 125 Å². The van der Waals surface area contributed by atoms with Crippen molar-refractivity contribution in [1.29, 1.82) is 0 Å². The molecule has 0 aliphatic heterocycles. The molecule has 0 radical (unpaired) electrons. The van der Waals surface area contributed by atoms with Gasteiger partial charge in [-0.15, -0.1) is 5.11 Å². The van der Waals surface area contributed by atoms with Crippen LogP contribution in [0.4, 0.5) is 11.4 Å². The van der Waals surface area contributed by atoms with Crippen molar-refractivity contribution in [2.45, 2.75) is 39.2 Å². The summed E-state index contributed by atoms with van der Waals surface area (Å²) in [6.45, 7) is 3.49. The molecule has 0 bridgehead atoms. The number of aryl methyl sites for hydroxylation is 1. The maximum Gasteiger partial charge on any atom is 0.124 e. The molecule has 5 heteroatoms. The van der Waals surface area contributed by atoms with E-state index in [9.17, 15) is 0 Å². The van der Waals surface area contributed by atoms with Crippen molar-refractivity contribution in [3.8, 4) is 0 Å². The van der Waals surface area contributed by atoms with E-state index in [-0.39, 0.29) is 0 Å². The number of rotatable bonds is 8. The van der Waals surface area contributed by atoms with Crippen molar-refractivity contribution in [3.05, 3.63) is 42.2 Å². The molecule has 2 aromatic rings. The van der Waals surface area contributed by atoms with Crippen LogP contribution in [-0.4, -0.2) is 16.3 Å². The Bertz CT molecular complexity index is 556. The third-order valence-electron chi connectivity index (χ3n) is 3.26. The molecule has 0 unspecified atom stereocenters. The highest BCUT2D eigenvalue weighted by atomic mass is 15.3. The summed E-state index contributed by atoms with van der Waals surface area (Å²) in [5.74, 6) is 0. The molecular weight excluding hydrogens is 262 g/mol. The lowest BCUT2D eigenvalue weighted by molar-refractivity contribution is 0.625. The number of azo groups is 1. The van der Waals surface area contributed by atoms with Gasteiger partial charge in [0.25, 0.3) is 0 Å². The zero-order valence-corrected chi connectivity index (χ0v) is 12.6. The summed E-state index contributed by atoms with van der Waals surface area (Å²) in [6, 6.07) is 8.27. The van der Waals surface area contributed by atoms with Crippen LogP contribution in [0.2, 0.25) is 0 Å². The summed E-state index contributed by atoms with van der Waals surface area (Å²) in [5.41, 5.74) is 8.44. The van der Waals surface area contributed by atoms with Crippen LogP contribution in [0.25, 0.3) is 0 Å². The predicted octanol–water partition coefficient (Wildman–Crippen LogP) is 3.99. The first-order valence-corrected chi connectivity index (χ1v) is 7.55. The van der Waals surface area contributed by atoms with Gasteiger partial charge in [-0.25, -0.2) is 0 Å². The predicted molar refractivity (Wildman–Crippen MR) is 85.1 cm³/mol. The molecule has 0 amide bonds. The van der Waals surface area contributed by atoms with Crippen LogP contribution in [0, 0.1) is 0 Å². The first-order valence-electron chi connectivity index (χ1n) is 7.55. The Balaban J connectivity index is 1.90. The first-order chi connectivity index (χ1) is 10.3. The molecule has 1 aromatic carbocycles. The van der Waals surface area contributed by atoms with E-state index in [1.165, 1.54) is 24.8 Å². The fraction of sp³-hybridized carbons (Fsp3) is 0.438. The van der Waals surface area contributed by atoms with Gasteiger partial charge < -0.3 is 5.73 Å². The van der Waals surface area contributed by atoms with E-state index in [0.29, 0.717) is 13.1 Å². The molecule has 5 nitrogen and oxygen atoms in total. The van der Waals surface area contributed by atoms with Gasteiger partial charge in [0, 0.05) is 6.54 Å². The van der Waals surface area contributed by atoms with Gasteiger partial charge in [0.15, 0.2) is 0 Å². The Morgan fingerprint density at radius 2 is 1.86 bits per heavy atom. The molecule has 0 aliphatic carbocycles. The minimum absolute atomic E-state index is 0.567. The van der Waals surface area contributed by atoms with Gasteiger partial charge in [-0.05, 0) is 30.5 Å². The van der Waals surface area contributed by atoms with E-state index in [1.807, 2.05) is 18.3 Å². The van der Waals surface area contributed by atoms with Crippen LogP contribution in [0.3, 0.4) is 0 Å². The van der Waals surface area contributed by atoms with Crippen molar-refractivity contribution in [2.24, 2.45) is 16.0 Å². The molecule has 0 aliphatic rings. The highest BCUT2D eigenvalue weighted by Crippen LogP contribution is 2.19. The van der Waals surface area contributed by atoms with E-state index in [2.05, 4.69) is 34.4 Å². The van der Waals surface area contributed by atoms with Crippen molar-refractivity contribution in [1.82, 2.24) is 9.78 Å². The van der Waals surface area contributed by atoms with E-state index >= 15 is 0 Å². The molecule has 21 heavy (non-hydrogen) atoms. The summed E-state index contributed by atoms with van der Waals surface area (Å²) in [5, 5.41) is 12.6. The Hall–Kier alpha value is -2.01. The Morgan fingerprint density at radius 1 is 1.10 bits per heavy atom. The van der Waals surface area contributed by atoms with Crippen molar-refractivity contribution in [3.63, 3.8) is 0 Å². The normalized spacial score (nSPS) is 11.3. The lowest BCUT2D eigenvalue weighted by Crippen LogP contribution is -2.09. The minimum atomic E-state index is 0.567. The average Bonchev–Trinajstić information content (AvgIpc) is 2.95. The minimum Gasteiger partial charge on any atom is -0.329 e. The molecule has 0 fully saturated rings. The van der Waals surface area contributed by atoms with Crippen LogP contribution in [0.1, 0.15) is 31.7 Å². The Kier molecular flexibility index (Phi) is 6.09. The van der Waals surface area contributed by atoms with E-state index < -0.39 is 0 Å². The number of unbranched alkanes of at least 4 members (excludes halogenated alkanes) is 2. The first kappa shape index (κ1) is 15.4. The molecule has 112 valence electrons. The van der Waals surface area contributed by atoms with Gasteiger partial charge in [-0.1, -0.05) is 31.9 Å². The van der Waals surface area contributed by atoms with Crippen molar-refractivity contribution < 1.29 is 0 Å². The number of aromatic nitrogens is 2. The number of nitrogens with zero attached hydrogens (tertiary/aromatic N) is 4. The van der Waals surface area contributed by atoms with E-state index in [1.54, 1.807) is 10.9 Å². The number of nitrogens with two attached hydrogens (primary N) is 1. The average molecular weight is 285 g/mol. The third kappa shape index (κ3) is 5.11. The third-order valence-corrected chi connectivity index (χ3v) is 3.26. The van der Waals surface area contributed by atoms with Crippen molar-refractivity contribution >= 4 is 11.4 Å². The largest absolute Gasteiger partial charge is 0.329 e. The SMILES string of the molecule is CCCCCc1ccc(N=Nc2cnn(CCN)c2)cc1. The molecule has 0 saturated carbocycles. The zero-order valence-electron chi connectivity index (χ0n) is 12.6. The second-order valence-corrected chi connectivity index (χ2v) is 5.07. The van der Waals surface area contributed by atoms with Gasteiger partial charge in [0.2, 0.25) is 0 Å². The van der Waals surface area contributed by atoms with Gasteiger partial charge in [0.05, 0.1) is 24.6 Å². The molecule has 0 atom stereocenters. The second-order valence-electron chi connectivity index (χ2n) is 5.07. The molecule has 2 rings (SSSR count). The van der Waals surface area contributed by atoms with Crippen LogP contribution >= 0.6 is 0 Å². The quantitative estimate of drug-likeness (QED) is 0.588. The highest BCUT2D eigenvalue weighted by molar-refractivity contribution is 5.39. The summed E-state index contributed by atoms with van der Waals surface area (Å²) in [6.07, 6.45) is 8.46. The summed E-state index contributed by atoms with van der Waals surface area (Å²) in [4.78, 5) is 0. The summed E-state index contributed by atoms with van der Waals surface area (Å²) >= 11 is 0. The molecule has 0 saturated heterocycles. The second kappa shape index (κ2) is 8.32. The highest BCUT2D eigenvalue weighted by Gasteiger charge is 1.97. The van der Waals surface area contributed by atoms with Gasteiger partial charge >= 0.3 is 0 Å². The molecule has 1 aromatic heterocycles. The van der Waals surface area contributed by atoms with E-state index in [0.717, 1.165) is 17.8 Å². The van der Waals surface area contributed by atoms with Crippen LogP contribution in [0.5, 0.6) is 0 Å². The fourth-order valence-corrected chi connectivity index (χ4v) is 2.08. The summed E-state index contributed by atoms with van der Waals surface area (Å²) in [7, 11) is 0. The monoisotopic (exact) mass is 285 g/mol. The number of hydrogen-bond acceptors (Lipinski definition) is 4. The van der Waals surface area contributed by atoms with Crippen LogP contribution < -0.4 is 5.73 Å². The number of benzene rings is 1. The van der Waals surface area contributed by atoms with Crippen molar-refractivity contribution in [2.75, 3.05) is 6.54 Å². The molecule has 1 heterocycles. The Morgan fingerprint density at radius 3 is 2.57 bits per heavy atom. The smallest absolute Gasteiger partial charge is 0.124 e. The van der Waals surface area contributed by atoms with Crippen LogP contribution in [0.15, 0.2) is 46.9 Å². The van der Waals surface area contributed by atoms with Gasteiger partial charge in [-0.2, -0.15) is 10.2 Å².